The number of nitrogens with one attached hydrogen (secondary N) is 1. The first kappa shape index (κ1) is 32.6. The predicted octanol–water partition coefficient (Wildman–Crippen LogP) is 6.43. The number of hydrogen-bond donors (Lipinski definition) is 1. The molecule has 1 aliphatic heterocycles. The molecule has 5 aromatic carbocycles. The number of nitrogens with zero attached hydrogens (tertiary/aromatic N) is 5. The molecule has 2 heterocycles. The van der Waals surface area contributed by atoms with Gasteiger partial charge in [0.05, 0.1) is 17.7 Å². The first-order chi connectivity index (χ1) is 23.9. The summed E-state index contributed by atoms with van der Waals surface area (Å²) in [5, 5.41) is 12.6. The SMILES string of the molecule is CN(C(=O)c1ccccc1)S(=O)(=O)c1c(-c2ccccc2-c2ccccc2)cc2c(nnn2CCSc2ccccc2)c1N1CCNCC1. The van der Waals surface area contributed by atoms with E-state index >= 15 is 8.42 Å². The molecule has 6 aromatic rings. The molecule has 7 rings (SSSR count). The molecule has 0 saturated carbocycles. The van der Waals surface area contributed by atoms with Gasteiger partial charge in [0.1, 0.15) is 10.4 Å². The Hall–Kier alpha value is -4.97. The monoisotopic (exact) mass is 688 g/mol. The summed E-state index contributed by atoms with van der Waals surface area (Å²) in [5.41, 5.74) is 5.02. The average Bonchev–Trinajstić information content (AvgIpc) is 3.57. The fourth-order valence-electron chi connectivity index (χ4n) is 6.24. The van der Waals surface area contributed by atoms with E-state index in [0.29, 0.717) is 49.5 Å². The maximum atomic E-state index is 15.0. The van der Waals surface area contributed by atoms with Crippen molar-refractivity contribution in [1.29, 1.82) is 0 Å². The lowest BCUT2D eigenvalue weighted by Gasteiger charge is -2.33. The van der Waals surface area contributed by atoms with Crippen LogP contribution in [0.3, 0.4) is 0 Å². The smallest absolute Gasteiger partial charge is 0.269 e. The van der Waals surface area contributed by atoms with Gasteiger partial charge in [0.15, 0.2) is 0 Å². The Morgan fingerprint density at radius 3 is 2.12 bits per heavy atom. The molecule has 0 aliphatic carbocycles. The summed E-state index contributed by atoms with van der Waals surface area (Å²) in [6.07, 6.45) is 0. The maximum absolute atomic E-state index is 15.0. The zero-order valence-corrected chi connectivity index (χ0v) is 28.7. The molecule has 0 atom stereocenters. The van der Waals surface area contributed by atoms with Gasteiger partial charge in [-0.2, -0.15) is 0 Å². The summed E-state index contributed by atoms with van der Waals surface area (Å²) >= 11 is 1.72. The minimum Gasteiger partial charge on any atom is -0.366 e. The average molecular weight is 689 g/mol. The second kappa shape index (κ2) is 14.3. The van der Waals surface area contributed by atoms with E-state index in [4.69, 9.17) is 0 Å². The van der Waals surface area contributed by atoms with Crippen molar-refractivity contribution >= 4 is 44.4 Å². The lowest BCUT2D eigenvalue weighted by atomic mass is 9.93. The Morgan fingerprint density at radius 1 is 0.816 bits per heavy atom. The second-order valence-electron chi connectivity index (χ2n) is 11.7. The van der Waals surface area contributed by atoms with Gasteiger partial charge in [0, 0.05) is 55.0 Å². The van der Waals surface area contributed by atoms with Crippen LogP contribution in [0, 0.1) is 0 Å². The van der Waals surface area contributed by atoms with Crippen LogP contribution < -0.4 is 10.2 Å². The van der Waals surface area contributed by atoms with Gasteiger partial charge >= 0.3 is 0 Å². The normalized spacial score (nSPS) is 13.4. The Kier molecular flexibility index (Phi) is 9.47. The van der Waals surface area contributed by atoms with Crippen LogP contribution in [-0.4, -0.2) is 72.6 Å². The van der Waals surface area contributed by atoms with E-state index in [-0.39, 0.29) is 10.5 Å². The lowest BCUT2D eigenvalue weighted by molar-refractivity contribution is 0.0883. The molecule has 1 aromatic heterocycles. The summed E-state index contributed by atoms with van der Waals surface area (Å²) < 4.78 is 32.8. The zero-order chi connectivity index (χ0) is 33.8. The van der Waals surface area contributed by atoms with E-state index in [1.54, 1.807) is 42.1 Å². The molecule has 0 spiro atoms. The first-order valence-corrected chi connectivity index (χ1v) is 18.6. The Morgan fingerprint density at radius 2 is 1.43 bits per heavy atom. The molecule has 1 aliphatic rings. The van der Waals surface area contributed by atoms with E-state index in [1.165, 1.54) is 7.05 Å². The van der Waals surface area contributed by atoms with Crippen molar-refractivity contribution in [3.05, 3.63) is 127 Å². The number of anilines is 1. The molecule has 0 radical (unpaired) electrons. The first-order valence-electron chi connectivity index (χ1n) is 16.2. The van der Waals surface area contributed by atoms with Crippen molar-refractivity contribution in [2.75, 3.05) is 43.9 Å². The third kappa shape index (κ3) is 6.57. The topological polar surface area (TPSA) is 100 Å². The van der Waals surface area contributed by atoms with Crippen molar-refractivity contribution in [3.8, 4) is 22.3 Å². The number of aromatic nitrogens is 3. The van der Waals surface area contributed by atoms with Crippen LogP contribution in [0.1, 0.15) is 10.4 Å². The number of carbonyl (C=O) groups is 1. The highest BCUT2D eigenvalue weighted by Crippen LogP contribution is 2.45. The van der Waals surface area contributed by atoms with E-state index in [1.807, 2.05) is 83.5 Å². The van der Waals surface area contributed by atoms with Gasteiger partial charge in [-0.25, -0.2) is 17.4 Å². The molecule has 1 N–H and O–H groups in total. The molecule has 248 valence electrons. The van der Waals surface area contributed by atoms with E-state index < -0.39 is 15.9 Å². The fraction of sp³-hybridized carbons (Fsp3) is 0.184. The van der Waals surface area contributed by atoms with Gasteiger partial charge in [-0.1, -0.05) is 96.2 Å². The summed E-state index contributed by atoms with van der Waals surface area (Å²) in [4.78, 5) is 17.1. The van der Waals surface area contributed by atoms with Gasteiger partial charge in [0.2, 0.25) is 0 Å². The van der Waals surface area contributed by atoms with E-state index in [0.717, 1.165) is 37.2 Å². The highest BCUT2D eigenvalue weighted by atomic mass is 32.2. The molecule has 1 amide bonds. The molecular weight excluding hydrogens is 653 g/mol. The molecule has 49 heavy (non-hydrogen) atoms. The number of thioether (sulfide) groups is 1. The number of hydrogen-bond acceptors (Lipinski definition) is 8. The number of rotatable bonds is 10. The third-order valence-electron chi connectivity index (χ3n) is 8.71. The zero-order valence-electron chi connectivity index (χ0n) is 27.1. The molecule has 1 fully saturated rings. The highest BCUT2D eigenvalue weighted by Gasteiger charge is 2.36. The van der Waals surface area contributed by atoms with Gasteiger partial charge in [-0.3, -0.25) is 4.79 Å². The standard InChI is InChI=1S/C38H36N6O3S2/c1-42(38(45)29-15-7-3-8-16-29)49(46,47)37-33(32-20-12-11-19-31(32)28-13-5-2-6-14-28)27-34-35(36(37)43-23-21-39-22-24-43)40-41-44(34)25-26-48-30-17-9-4-10-18-30/h2-20,27,39H,21-26H2,1H3. The minimum absolute atomic E-state index is 0.0442. The van der Waals surface area contributed by atoms with Gasteiger partial charge in [-0.05, 0) is 47.0 Å². The summed E-state index contributed by atoms with van der Waals surface area (Å²) in [5.74, 6) is 0.131. The number of piperazine rings is 1. The highest BCUT2D eigenvalue weighted by molar-refractivity contribution is 7.99. The Balaban J connectivity index is 1.46. The van der Waals surface area contributed by atoms with Crippen LogP contribution in [0.4, 0.5) is 5.69 Å². The van der Waals surface area contributed by atoms with Gasteiger partial charge < -0.3 is 10.2 Å². The van der Waals surface area contributed by atoms with Crippen LogP contribution in [0.15, 0.2) is 131 Å². The number of sulfonamides is 1. The molecule has 11 heteroatoms. The summed E-state index contributed by atoms with van der Waals surface area (Å²) in [6.45, 7) is 3.04. The fourth-order valence-corrected chi connectivity index (χ4v) is 8.60. The van der Waals surface area contributed by atoms with Crippen LogP contribution in [-0.2, 0) is 16.6 Å². The molecule has 0 bridgehead atoms. The van der Waals surface area contributed by atoms with Crippen LogP contribution >= 0.6 is 11.8 Å². The Labute approximate surface area is 290 Å². The van der Waals surface area contributed by atoms with E-state index in [2.05, 4.69) is 32.7 Å². The minimum atomic E-state index is -4.44. The molecule has 9 nitrogen and oxygen atoms in total. The lowest BCUT2D eigenvalue weighted by Crippen LogP contribution is -2.44. The Bertz CT molecular complexity index is 2190. The van der Waals surface area contributed by atoms with Crippen molar-refractivity contribution in [3.63, 3.8) is 0 Å². The van der Waals surface area contributed by atoms with Crippen molar-refractivity contribution in [1.82, 2.24) is 24.6 Å². The number of carbonyl (C=O) groups excluding carboxylic acids is 1. The molecule has 0 unspecified atom stereocenters. The predicted molar refractivity (Wildman–Crippen MR) is 196 cm³/mol. The maximum Gasteiger partial charge on any atom is 0.269 e. The van der Waals surface area contributed by atoms with Gasteiger partial charge in [-0.15, -0.1) is 16.9 Å². The van der Waals surface area contributed by atoms with Crippen LogP contribution in [0.5, 0.6) is 0 Å². The van der Waals surface area contributed by atoms with Gasteiger partial charge in [0.25, 0.3) is 15.9 Å². The summed E-state index contributed by atoms with van der Waals surface area (Å²) in [6, 6.07) is 38.3. The number of benzene rings is 5. The molecule has 1 saturated heterocycles. The van der Waals surface area contributed by atoms with Crippen molar-refractivity contribution in [2.45, 2.75) is 16.3 Å². The quantitative estimate of drug-likeness (QED) is 0.165. The van der Waals surface area contributed by atoms with Crippen molar-refractivity contribution in [2.24, 2.45) is 0 Å². The molecular formula is C38H36N6O3S2. The number of amides is 1. The number of fused-ring (bicyclic) bond motifs is 1. The van der Waals surface area contributed by atoms with Crippen LogP contribution in [0.25, 0.3) is 33.3 Å². The van der Waals surface area contributed by atoms with Crippen LogP contribution in [0.2, 0.25) is 0 Å². The second-order valence-corrected chi connectivity index (χ2v) is 14.8. The number of aryl methyl sites for hydroxylation is 1. The largest absolute Gasteiger partial charge is 0.366 e. The summed E-state index contributed by atoms with van der Waals surface area (Å²) in [7, 11) is -3.10. The van der Waals surface area contributed by atoms with E-state index in [9.17, 15) is 4.79 Å². The third-order valence-corrected chi connectivity index (χ3v) is 11.5. The van der Waals surface area contributed by atoms with Crippen molar-refractivity contribution < 1.29 is 13.2 Å².